The molecule has 6 heteroatoms. The zero-order valence-electron chi connectivity index (χ0n) is 11.2. The normalized spacial score (nSPS) is 17.5. The molecule has 1 fully saturated rings. The number of hydrogen-bond donors (Lipinski definition) is 3. The number of urea groups is 1. The molecule has 0 spiro atoms. The molecule has 0 radical (unpaired) electrons. The van der Waals surface area contributed by atoms with E-state index in [1.807, 2.05) is 0 Å². The van der Waals surface area contributed by atoms with Crippen LogP contribution >= 0.6 is 0 Å². The minimum atomic E-state index is -1.05. The molecule has 0 aromatic heterocycles. The van der Waals surface area contributed by atoms with Gasteiger partial charge in [-0.1, -0.05) is 12.5 Å². The molecule has 0 aliphatic carbocycles. The highest BCUT2D eigenvalue weighted by atomic mass is 16.4. The maximum atomic E-state index is 11.5. The van der Waals surface area contributed by atoms with Crippen molar-refractivity contribution in [3.8, 4) is 0 Å². The smallest absolute Gasteiger partial charge is 0.326 e. The van der Waals surface area contributed by atoms with Crippen molar-refractivity contribution in [2.24, 2.45) is 0 Å². The number of carbonyl (C=O) groups is 2. The summed E-state index contributed by atoms with van der Waals surface area (Å²) in [6.07, 6.45) is 5.41. The zero-order valence-corrected chi connectivity index (χ0v) is 11.2. The standard InChI is InChI=1S/C13H23N3O3/c1-2-6-11(12(17)18)15-13(19)14-7-10-16-8-4-3-5-9-16/h2,11H,1,3-10H2,(H,17,18)(H2,14,15,19). The minimum absolute atomic E-state index is 0.217. The van der Waals surface area contributed by atoms with E-state index in [9.17, 15) is 9.59 Å². The van der Waals surface area contributed by atoms with Crippen LogP contribution in [0.4, 0.5) is 4.79 Å². The van der Waals surface area contributed by atoms with Crippen LogP contribution in [0.1, 0.15) is 25.7 Å². The van der Waals surface area contributed by atoms with E-state index >= 15 is 0 Å². The Balaban J connectivity index is 2.18. The molecular formula is C13H23N3O3. The van der Waals surface area contributed by atoms with Gasteiger partial charge in [0.25, 0.3) is 0 Å². The Morgan fingerprint density at radius 1 is 1.32 bits per heavy atom. The van der Waals surface area contributed by atoms with E-state index in [0.717, 1.165) is 19.6 Å². The van der Waals surface area contributed by atoms with Crippen LogP contribution in [-0.2, 0) is 4.79 Å². The zero-order chi connectivity index (χ0) is 14.1. The van der Waals surface area contributed by atoms with Gasteiger partial charge in [0.05, 0.1) is 0 Å². The van der Waals surface area contributed by atoms with Crippen molar-refractivity contribution in [1.82, 2.24) is 15.5 Å². The fourth-order valence-corrected chi connectivity index (χ4v) is 2.11. The second kappa shape index (κ2) is 8.53. The molecule has 0 bridgehead atoms. The first-order valence-corrected chi connectivity index (χ1v) is 6.74. The summed E-state index contributed by atoms with van der Waals surface area (Å²) < 4.78 is 0. The van der Waals surface area contributed by atoms with Crippen LogP contribution in [0.15, 0.2) is 12.7 Å². The van der Waals surface area contributed by atoms with Crippen molar-refractivity contribution in [3.63, 3.8) is 0 Å². The van der Waals surface area contributed by atoms with Gasteiger partial charge < -0.3 is 20.6 Å². The fraction of sp³-hybridized carbons (Fsp3) is 0.692. The Hall–Kier alpha value is -1.56. The minimum Gasteiger partial charge on any atom is -0.480 e. The van der Waals surface area contributed by atoms with E-state index < -0.39 is 18.0 Å². The Kier molecular flexibility index (Phi) is 6.95. The van der Waals surface area contributed by atoms with E-state index in [1.165, 1.54) is 25.3 Å². The van der Waals surface area contributed by atoms with Crippen LogP contribution in [0, 0.1) is 0 Å². The number of likely N-dealkylation sites (tertiary alicyclic amines) is 1. The van der Waals surface area contributed by atoms with E-state index in [-0.39, 0.29) is 6.42 Å². The Morgan fingerprint density at radius 3 is 2.58 bits per heavy atom. The van der Waals surface area contributed by atoms with Gasteiger partial charge in [-0.3, -0.25) is 0 Å². The third kappa shape index (κ3) is 6.24. The van der Waals surface area contributed by atoms with Gasteiger partial charge in [0, 0.05) is 13.1 Å². The molecule has 2 amide bonds. The van der Waals surface area contributed by atoms with Gasteiger partial charge in [-0.25, -0.2) is 9.59 Å². The summed E-state index contributed by atoms with van der Waals surface area (Å²) in [6, 6.07) is -1.35. The number of carboxylic acids is 1. The summed E-state index contributed by atoms with van der Waals surface area (Å²) in [4.78, 5) is 24.7. The molecule has 108 valence electrons. The average Bonchev–Trinajstić information content (AvgIpc) is 2.39. The molecule has 0 aromatic rings. The number of rotatable bonds is 7. The van der Waals surface area contributed by atoms with Crippen LogP contribution in [0.3, 0.4) is 0 Å². The lowest BCUT2D eigenvalue weighted by atomic mass is 10.1. The van der Waals surface area contributed by atoms with E-state index in [0.29, 0.717) is 6.54 Å². The Bertz CT molecular complexity index is 314. The number of piperidine rings is 1. The van der Waals surface area contributed by atoms with E-state index in [2.05, 4.69) is 22.1 Å². The second-order valence-electron chi connectivity index (χ2n) is 4.72. The summed E-state index contributed by atoms with van der Waals surface area (Å²) in [5.74, 6) is -1.05. The molecule has 1 aliphatic rings. The topological polar surface area (TPSA) is 81.7 Å². The van der Waals surface area contributed by atoms with Gasteiger partial charge in [0.2, 0.25) is 0 Å². The number of nitrogens with one attached hydrogen (secondary N) is 2. The summed E-state index contributed by atoms with van der Waals surface area (Å²) in [5.41, 5.74) is 0. The summed E-state index contributed by atoms with van der Waals surface area (Å²) in [7, 11) is 0. The van der Waals surface area contributed by atoms with Crippen LogP contribution in [0.2, 0.25) is 0 Å². The molecular weight excluding hydrogens is 246 g/mol. The van der Waals surface area contributed by atoms with Crippen molar-refractivity contribution < 1.29 is 14.7 Å². The molecule has 6 nitrogen and oxygen atoms in total. The summed E-state index contributed by atoms with van der Waals surface area (Å²) in [6.45, 7) is 6.98. The lowest BCUT2D eigenvalue weighted by Gasteiger charge is -2.26. The highest BCUT2D eigenvalue weighted by Gasteiger charge is 2.18. The number of carbonyl (C=O) groups excluding carboxylic acids is 1. The van der Waals surface area contributed by atoms with Crippen LogP contribution in [0.25, 0.3) is 0 Å². The van der Waals surface area contributed by atoms with Crippen molar-refractivity contribution in [3.05, 3.63) is 12.7 Å². The van der Waals surface area contributed by atoms with Gasteiger partial charge in [0.1, 0.15) is 6.04 Å². The molecule has 1 heterocycles. The molecule has 19 heavy (non-hydrogen) atoms. The largest absolute Gasteiger partial charge is 0.480 e. The van der Waals surface area contributed by atoms with E-state index in [1.54, 1.807) is 0 Å². The number of nitrogens with zero attached hydrogens (tertiary/aromatic N) is 1. The van der Waals surface area contributed by atoms with Gasteiger partial charge in [-0.05, 0) is 32.4 Å². The van der Waals surface area contributed by atoms with Crippen LogP contribution in [-0.4, -0.2) is 54.2 Å². The summed E-state index contributed by atoms with van der Waals surface area (Å²) >= 11 is 0. The molecule has 1 aliphatic heterocycles. The maximum absolute atomic E-state index is 11.5. The van der Waals surface area contributed by atoms with Gasteiger partial charge in [-0.15, -0.1) is 6.58 Å². The molecule has 0 aromatic carbocycles. The van der Waals surface area contributed by atoms with Crippen LogP contribution < -0.4 is 10.6 Å². The first-order chi connectivity index (χ1) is 9.13. The first-order valence-electron chi connectivity index (χ1n) is 6.74. The first kappa shape index (κ1) is 15.5. The number of aliphatic carboxylic acids is 1. The van der Waals surface area contributed by atoms with Gasteiger partial charge >= 0.3 is 12.0 Å². The maximum Gasteiger partial charge on any atom is 0.326 e. The van der Waals surface area contributed by atoms with Gasteiger partial charge in [0.15, 0.2) is 0 Å². The number of carboxylic acid groups (broad SMARTS) is 1. The third-order valence-corrected chi connectivity index (χ3v) is 3.17. The highest BCUT2D eigenvalue weighted by molar-refractivity contribution is 5.82. The molecule has 1 rings (SSSR count). The van der Waals surface area contributed by atoms with Crippen molar-refractivity contribution in [2.75, 3.05) is 26.2 Å². The summed E-state index contributed by atoms with van der Waals surface area (Å²) in [5, 5.41) is 14.0. The third-order valence-electron chi connectivity index (χ3n) is 3.17. The van der Waals surface area contributed by atoms with Gasteiger partial charge in [-0.2, -0.15) is 0 Å². The number of amides is 2. The Morgan fingerprint density at radius 2 is 2.00 bits per heavy atom. The van der Waals surface area contributed by atoms with E-state index in [4.69, 9.17) is 5.11 Å². The van der Waals surface area contributed by atoms with Crippen molar-refractivity contribution >= 4 is 12.0 Å². The number of hydrogen-bond acceptors (Lipinski definition) is 3. The van der Waals surface area contributed by atoms with Crippen LogP contribution in [0.5, 0.6) is 0 Å². The quantitative estimate of drug-likeness (QED) is 0.597. The Labute approximate surface area is 113 Å². The fourth-order valence-electron chi connectivity index (χ4n) is 2.11. The van der Waals surface area contributed by atoms with Crippen molar-refractivity contribution in [2.45, 2.75) is 31.7 Å². The lowest BCUT2D eigenvalue weighted by Crippen LogP contribution is -2.47. The molecule has 0 saturated carbocycles. The second-order valence-corrected chi connectivity index (χ2v) is 4.72. The predicted molar refractivity (Wildman–Crippen MR) is 73.1 cm³/mol. The SMILES string of the molecule is C=CCC(NC(=O)NCCN1CCCCC1)C(=O)O. The average molecular weight is 269 g/mol. The predicted octanol–water partition coefficient (Wildman–Crippen LogP) is 0.801. The molecule has 1 saturated heterocycles. The highest BCUT2D eigenvalue weighted by Crippen LogP contribution is 2.07. The lowest BCUT2D eigenvalue weighted by molar-refractivity contribution is -0.139. The monoisotopic (exact) mass is 269 g/mol. The molecule has 1 unspecified atom stereocenters. The van der Waals surface area contributed by atoms with Crippen molar-refractivity contribution in [1.29, 1.82) is 0 Å². The molecule has 1 atom stereocenters. The molecule has 3 N–H and O–H groups in total.